The summed E-state index contributed by atoms with van der Waals surface area (Å²) in [6.07, 6.45) is 3.78. The van der Waals surface area contributed by atoms with Crippen molar-refractivity contribution in [1.82, 2.24) is 9.30 Å². The van der Waals surface area contributed by atoms with E-state index in [1.165, 1.54) is 27.8 Å². The van der Waals surface area contributed by atoms with Gasteiger partial charge in [-0.05, 0) is 89.8 Å². The second kappa shape index (κ2) is 12.8. The number of ether oxygens (including phenoxy) is 2. The molecule has 50 heavy (non-hydrogen) atoms. The van der Waals surface area contributed by atoms with Gasteiger partial charge in [-0.3, -0.25) is 14.1 Å². The number of hydrogen-bond donors (Lipinski definition) is 0. The molecule has 6 heteroatoms. The summed E-state index contributed by atoms with van der Waals surface area (Å²) < 4.78 is 12.9. The van der Waals surface area contributed by atoms with Gasteiger partial charge in [0.15, 0.2) is 5.75 Å². The van der Waals surface area contributed by atoms with E-state index >= 15 is 0 Å². The van der Waals surface area contributed by atoms with E-state index in [1.807, 2.05) is 6.07 Å². The van der Waals surface area contributed by atoms with Gasteiger partial charge in [-0.1, -0.05) is 103 Å². The minimum atomic E-state index is -0.591. The van der Waals surface area contributed by atoms with Crippen LogP contribution in [-0.2, 0) is 16.8 Å². The number of hydrogen-bond acceptors (Lipinski definition) is 5. The third-order valence-corrected chi connectivity index (χ3v) is 10.5. The van der Waals surface area contributed by atoms with Crippen molar-refractivity contribution < 1.29 is 14.3 Å². The van der Waals surface area contributed by atoms with Crippen molar-refractivity contribution in [2.24, 2.45) is 0 Å². The van der Waals surface area contributed by atoms with Crippen LogP contribution in [0.2, 0.25) is 0 Å². The van der Waals surface area contributed by atoms with Gasteiger partial charge in [0.25, 0.3) is 5.56 Å². The van der Waals surface area contributed by atoms with Crippen molar-refractivity contribution in [3.8, 4) is 16.9 Å². The largest absolute Gasteiger partial charge is 0.494 e. The van der Waals surface area contributed by atoms with Gasteiger partial charge in [0, 0.05) is 24.3 Å². The van der Waals surface area contributed by atoms with Crippen LogP contribution in [0.4, 0.5) is 0 Å². The maximum absolute atomic E-state index is 13.6. The van der Waals surface area contributed by atoms with E-state index in [4.69, 9.17) is 9.47 Å². The molecule has 250 valence electrons. The van der Waals surface area contributed by atoms with Crippen LogP contribution in [0.5, 0.6) is 5.75 Å². The number of fused-ring (bicyclic) bond motifs is 2. The number of benzene rings is 4. The van der Waals surface area contributed by atoms with Crippen LogP contribution in [0.25, 0.3) is 16.6 Å². The first-order chi connectivity index (χ1) is 24.5. The van der Waals surface area contributed by atoms with Gasteiger partial charge in [-0.15, -0.1) is 0 Å². The zero-order valence-electron chi connectivity index (χ0n) is 28.6. The zero-order valence-corrected chi connectivity index (χ0v) is 28.6. The Bertz CT molecular complexity index is 2160. The van der Waals surface area contributed by atoms with Crippen LogP contribution in [-0.4, -0.2) is 29.0 Å². The molecule has 0 saturated heterocycles. The molecular weight excluding hydrogens is 620 g/mol. The number of methoxy groups -OCH3 is 1. The Morgan fingerprint density at radius 3 is 1.94 bits per heavy atom. The van der Waals surface area contributed by atoms with Gasteiger partial charge >= 0.3 is 5.97 Å². The second-order valence-corrected chi connectivity index (χ2v) is 13.3. The van der Waals surface area contributed by atoms with E-state index in [2.05, 4.69) is 121 Å². The maximum Gasteiger partial charge on any atom is 0.343 e. The van der Waals surface area contributed by atoms with Gasteiger partial charge in [-0.25, -0.2) is 4.79 Å². The highest BCUT2D eigenvalue weighted by atomic mass is 16.5. The molecule has 1 fully saturated rings. The van der Waals surface area contributed by atoms with Gasteiger partial charge in [0.2, 0.25) is 0 Å². The number of carbonyl (C=O) groups is 1. The van der Waals surface area contributed by atoms with Crippen molar-refractivity contribution in [3.63, 3.8) is 0 Å². The summed E-state index contributed by atoms with van der Waals surface area (Å²) in [6.45, 7) is 4.99. The molecule has 0 amide bonds. The smallest absolute Gasteiger partial charge is 0.343 e. The van der Waals surface area contributed by atoms with Crippen LogP contribution >= 0.6 is 0 Å². The molecule has 0 bridgehead atoms. The van der Waals surface area contributed by atoms with E-state index in [0.717, 1.165) is 41.6 Å². The quantitative estimate of drug-likeness (QED) is 0.115. The molecular formula is C44H40N2O4. The molecule has 2 aliphatic rings. The Morgan fingerprint density at radius 2 is 1.40 bits per heavy atom. The SMILES string of the molecule is CCOC(=O)c1cc(C2CC2)c2c(OC)c(-c3ccc4c(c3)CN(C(c3ccccc3)(c3ccccc3)c3ccccc3)C4C)ccn2c1=O. The first-order valence-corrected chi connectivity index (χ1v) is 17.5. The van der Waals surface area contributed by atoms with E-state index in [-0.39, 0.29) is 24.1 Å². The Morgan fingerprint density at radius 1 is 0.800 bits per heavy atom. The molecule has 1 unspecified atom stereocenters. The highest BCUT2D eigenvalue weighted by molar-refractivity contribution is 5.91. The normalized spacial score (nSPS) is 15.9. The standard InChI is InChI=1S/C44H40N2O4/c1-4-50-43(48)39-27-38(30-20-21-30)40-41(49-3)37(24-25-45(40)42(39)47)31-22-23-36-29(2)46(28-32(36)26-31)44(33-14-8-5-9-15-33,34-16-10-6-11-17-34)35-18-12-7-13-19-35/h5-19,22-27,29-30H,4,20-21,28H2,1-3H3. The summed E-state index contributed by atoms with van der Waals surface area (Å²) in [5, 5.41) is 0. The highest BCUT2D eigenvalue weighted by Crippen LogP contribution is 2.51. The number of rotatable bonds is 9. The molecule has 1 aliphatic heterocycles. The molecule has 2 aromatic heterocycles. The molecule has 1 saturated carbocycles. The third kappa shape index (κ3) is 5.05. The molecule has 1 atom stereocenters. The Kier molecular flexibility index (Phi) is 8.12. The number of nitrogens with zero attached hydrogens (tertiary/aromatic N) is 2. The average Bonchev–Trinajstić information content (AvgIpc) is 3.96. The maximum atomic E-state index is 13.6. The lowest BCUT2D eigenvalue weighted by Crippen LogP contribution is -2.46. The molecule has 0 N–H and O–H groups in total. The lowest BCUT2D eigenvalue weighted by molar-refractivity contribution is 0.0524. The average molecular weight is 661 g/mol. The van der Waals surface area contributed by atoms with Crippen LogP contribution in [0, 0.1) is 0 Å². The summed E-state index contributed by atoms with van der Waals surface area (Å²) >= 11 is 0. The van der Waals surface area contributed by atoms with Crippen molar-refractivity contribution in [3.05, 3.63) is 177 Å². The zero-order chi connectivity index (χ0) is 34.4. The summed E-state index contributed by atoms with van der Waals surface area (Å²) in [6, 6.07) is 43.0. The molecule has 0 radical (unpaired) electrons. The van der Waals surface area contributed by atoms with E-state index in [1.54, 1.807) is 30.7 Å². The fourth-order valence-electron chi connectivity index (χ4n) is 8.14. The van der Waals surface area contributed by atoms with Gasteiger partial charge in [0.05, 0.1) is 24.8 Å². The Labute approximate surface area is 292 Å². The number of aromatic nitrogens is 1. The number of pyridine rings is 2. The fraction of sp³-hybridized carbons (Fsp3) is 0.227. The molecule has 3 heterocycles. The second-order valence-electron chi connectivity index (χ2n) is 13.3. The van der Waals surface area contributed by atoms with Gasteiger partial charge in [-0.2, -0.15) is 0 Å². The summed E-state index contributed by atoms with van der Waals surface area (Å²) in [5.41, 5.74) is 8.91. The lowest BCUT2D eigenvalue weighted by atomic mass is 9.75. The van der Waals surface area contributed by atoms with Gasteiger partial charge < -0.3 is 9.47 Å². The van der Waals surface area contributed by atoms with Crippen molar-refractivity contribution in [1.29, 1.82) is 0 Å². The Hall–Kier alpha value is -5.46. The van der Waals surface area contributed by atoms with E-state index < -0.39 is 17.1 Å². The first kappa shape index (κ1) is 31.8. The first-order valence-electron chi connectivity index (χ1n) is 17.5. The van der Waals surface area contributed by atoms with Crippen molar-refractivity contribution in [2.45, 2.75) is 50.7 Å². The predicted octanol–water partition coefficient (Wildman–Crippen LogP) is 8.90. The highest BCUT2D eigenvalue weighted by Gasteiger charge is 2.47. The molecule has 1 aliphatic carbocycles. The molecule has 4 aromatic carbocycles. The Balaban J connectivity index is 1.28. The summed E-state index contributed by atoms with van der Waals surface area (Å²) in [7, 11) is 1.66. The molecule has 6 nitrogen and oxygen atoms in total. The third-order valence-electron chi connectivity index (χ3n) is 10.5. The monoisotopic (exact) mass is 660 g/mol. The van der Waals surface area contributed by atoms with Crippen LogP contribution in [0.1, 0.15) is 82.4 Å². The molecule has 0 spiro atoms. The molecule has 8 rings (SSSR count). The fourth-order valence-corrected chi connectivity index (χ4v) is 8.14. The lowest BCUT2D eigenvalue weighted by Gasteiger charge is -2.46. The van der Waals surface area contributed by atoms with E-state index in [0.29, 0.717) is 5.75 Å². The molecule has 6 aromatic rings. The summed E-state index contributed by atoms with van der Waals surface area (Å²) in [4.78, 5) is 29.0. The summed E-state index contributed by atoms with van der Waals surface area (Å²) in [5.74, 6) is 0.308. The minimum absolute atomic E-state index is 0.0615. The van der Waals surface area contributed by atoms with Crippen molar-refractivity contribution in [2.75, 3.05) is 13.7 Å². The minimum Gasteiger partial charge on any atom is -0.494 e. The van der Waals surface area contributed by atoms with Crippen LogP contribution in [0.15, 0.2) is 132 Å². The van der Waals surface area contributed by atoms with Crippen molar-refractivity contribution >= 4 is 11.5 Å². The topological polar surface area (TPSA) is 60.3 Å². The number of carbonyl (C=O) groups excluding carboxylic acids is 1. The van der Waals surface area contributed by atoms with Gasteiger partial charge in [0.1, 0.15) is 5.56 Å². The van der Waals surface area contributed by atoms with Crippen LogP contribution < -0.4 is 10.3 Å². The van der Waals surface area contributed by atoms with Crippen LogP contribution in [0.3, 0.4) is 0 Å². The van der Waals surface area contributed by atoms with E-state index in [9.17, 15) is 9.59 Å². The predicted molar refractivity (Wildman–Crippen MR) is 197 cm³/mol. The number of esters is 1.